The Morgan fingerprint density at radius 2 is 1.82 bits per heavy atom. The molecule has 1 amide bonds. The number of phenols is 1. The number of benzene rings is 4. The highest BCUT2D eigenvalue weighted by Crippen LogP contribution is 2.31. The van der Waals surface area contributed by atoms with Gasteiger partial charge in [0.05, 0.1) is 0 Å². The van der Waals surface area contributed by atoms with Crippen LogP contribution in [0, 0.1) is 18.3 Å². The van der Waals surface area contributed by atoms with Crippen molar-refractivity contribution in [1.82, 2.24) is 0 Å². The van der Waals surface area contributed by atoms with E-state index < -0.39 is 5.91 Å². The lowest BCUT2D eigenvalue weighted by Crippen LogP contribution is -2.13. The van der Waals surface area contributed by atoms with Crippen LogP contribution in [0.25, 0.3) is 16.8 Å². The highest BCUT2D eigenvalue weighted by molar-refractivity contribution is 6.11. The SMILES string of the molecule is Cc1cccc(COc2ccc3ccccc3c2/C=C(\C#N)C(=O)Nc2ccc(O)cc2)c1. The summed E-state index contributed by atoms with van der Waals surface area (Å²) < 4.78 is 6.13. The van der Waals surface area contributed by atoms with Crippen molar-refractivity contribution in [2.75, 3.05) is 5.32 Å². The second kappa shape index (κ2) is 9.71. The topological polar surface area (TPSA) is 82.3 Å². The number of aromatic hydroxyl groups is 1. The third-order valence-corrected chi connectivity index (χ3v) is 5.19. The molecule has 0 bridgehead atoms. The van der Waals surface area contributed by atoms with Gasteiger partial charge in [-0.3, -0.25) is 4.79 Å². The van der Waals surface area contributed by atoms with E-state index in [0.29, 0.717) is 23.6 Å². The fraction of sp³-hybridized carbons (Fsp3) is 0.0714. The van der Waals surface area contributed by atoms with Crippen LogP contribution in [0.3, 0.4) is 0 Å². The zero-order chi connectivity index (χ0) is 23.2. The first-order valence-corrected chi connectivity index (χ1v) is 10.5. The summed E-state index contributed by atoms with van der Waals surface area (Å²) in [5.74, 6) is 0.136. The van der Waals surface area contributed by atoms with E-state index in [1.54, 1.807) is 18.2 Å². The maximum absolute atomic E-state index is 12.8. The zero-order valence-electron chi connectivity index (χ0n) is 18.1. The lowest BCUT2D eigenvalue weighted by Gasteiger charge is -2.13. The molecule has 162 valence electrons. The molecule has 2 N–H and O–H groups in total. The summed E-state index contributed by atoms with van der Waals surface area (Å²) in [7, 11) is 0. The molecule has 0 unspecified atom stereocenters. The molecule has 5 heteroatoms. The van der Waals surface area contributed by atoms with Gasteiger partial charge in [0.15, 0.2) is 0 Å². The van der Waals surface area contributed by atoms with Crippen molar-refractivity contribution in [3.8, 4) is 17.6 Å². The van der Waals surface area contributed by atoms with E-state index in [1.165, 1.54) is 12.1 Å². The molecule has 5 nitrogen and oxygen atoms in total. The van der Waals surface area contributed by atoms with Gasteiger partial charge in [-0.1, -0.05) is 60.2 Å². The summed E-state index contributed by atoms with van der Waals surface area (Å²) in [5.41, 5.74) is 3.27. The Labute approximate surface area is 192 Å². The summed E-state index contributed by atoms with van der Waals surface area (Å²) in [6.45, 7) is 2.39. The van der Waals surface area contributed by atoms with Gasteiger partial charge in [-0.15, -0.1) is 0 Å². The zero-order valence-corrected chi connectivity index (χ0v) is 18.1. The van der Waals surface area contributed by atoms with E-state index in [2.05, 4.69) is 11.4 Å². The number of nitriles is 1. The molecule has 33 heavy (non-hydrogen) atoms. The quantitative estimate of drug-likeness (QED) is 0.222. The first kappa shape index (κ1) is 21.7. The molecule has 4 aromatic rings. The number of aryl methyl sites for hydroxylation is 1. The minimum absolute atomic E-state index is 0.0557. The summed E-state index contributed by atoms with van der Waals surface area (Å²) in [6.07, 6.45) is 1.56. The molecule has 0 fully saturated rings. The van der Waals surface area contributed by atoms with Crippen LogP contribution in [-0.2, 0) is 11.4 Å². The van der Waals surface area contributed by atoms with E-state index >= 15 is 0 Å². The molecule has 0 saturated carbocycles. The molecular formula is C28H22N2O3. The lowest BCUT2D eigenvalue weighted by atomic mass is 10.0. The highest BCUT2D eigenvalue weighted by atomic mass is 16.5. The van der Waals surface area contributed by atoms with Crippen molar-refractivity contribution in [3.05, 3.63) is 107 Å². The van der Waals surface area contributed by atoms with Crippen molar-refractivity contribution < 1.29 is 14.6 Å². The largest absolute Gasteiger partial charge is 0.508 e. The number of nitrogens with one attached hydrogen (secondary N) is 1. The second-order valence-electron chi connectivity index (χ2n) is 7.65. The number of ether oxygens (including phenoxy) is 1. The van der Waals surface area contributed by atoms with Gasteiger partial charge in [0.25, 0.3) is 5.91 Å². The Balaban J connectivity index is 1.69. The Kier molecular flexibility index (Phi) is 6.38. The van der Waals surface area contributed by atoms with Crippen LogP contribution >= 0.6 is 0 Å². The first-order valence-electron chi connectivity index (χ1n) is 10.5. The average molecular weight is 434 g/mol. The van der Waals surface area contributed by atoms with Gasteiger partial charge in [0.2, 0.25) is 0 Å². The van der Waals surface area contributed by atoms with E-state index in [-0.39, 0.29) is 11.3 Å². The Morgan fingerprint density at radius 1 is 1.03 bits per heavy atom. The van der Waals surface area contributed by atoms with Crippen molar-refractivity contribution in [1.29, 1.82) is 5.26 Å². The summed E-state index contributed by atoms with van der Waals surface area (Å²) in [6, 6.07) is 27.7. The van der Waals surface area contributed by atoms with Crippen LogP contribution < -0.4 is 10.1 Å². The molecule has 0 aromatic heterocycles. The van der Waals surface area contributed by atoms with Gasteiger partial charge in [-0.25, -0.2) is 0 Å². The molecule has 0 spiro atoms. The maximum atomic E-state index is 12.8. The van der Waals surface area contributed by atoms with Gasteiger partial charge in [0.1, 0.15) is 29.7 Å². The smallest absolute Gasteiger partial charge is 0.266 e. The van der Waals surface area contributed by atoms with E-state index in [0.717, 1.165) is 21.9 Å². The third-order valence-electron chi connectivity index (χ3n) is 5.19. The van der Waals surface area contributed by atoms with E-state index in [1.807, 2.05) is 67.6 Å². The lowest BCUT2D eigenvalue weighted by molar-refractivity contribution is -0.112. The van der Waals surface area contributed by atoms with E-state index in [4.69, 9.17) is 4.74 Å². The molecule has 0 aliphatic rings. The second-order valence-corrected chi connectivity index (χ2v) is 7.65. The number of carbonyl (C=O) groups is 1. The normalized spacial score (nSPS) is 11.1. The van der Waals surface area contributed by atoms with Crippen LogP contribution in [0.5, 0.6) is 11.5 Å². The molecule has 0 aliphatic heterocycles. The number of carbonyl (C=O) groups excluding carboxylic acids is 1. The standard InChI is InChI=1S/C28H22N2O3/c1-19-5-4-6-20(15-19)18-33-27-14-9-21-7-2-3-8-25(21)26(27)16-22(17-29)28(32)30-23-10-12-24(31)13-11-23/h2-16,31H,18H2,1H3,(H,30,32)/b22-16+. The number of anilines is 1. The van der Waals surface area contributed by atoms with Crippen LogP contribution in [0.15, 0.2) is 90.5 Å². The number of rotatable bonds is 6. The number of hydrogen-bond acceptors (Lipinski definition) is 4. The predicted molar refractivity (Wildman–Crippen MR) is 130 cm³/mol. The number of hydrogen-bond donors (Lipinski definition) is 2. The van der Waals surface area contributed by atoms with E-state index in [9.17, 15) is 15.2 Å². The van der Waals surface area contributed by atoms with Crippen molar-refractivity contribution in [2.24, 2.45) is 0 Å². The predicted octanol–water partition coefficient (Wildman–Crippen LogP) is 5.98. The van der Waals surface area contributed by atoms with Gasteiger partial charge in [-0.05, 0) is 59.7 Å². The number of phenolic OH excluding ortho intramolecular Hbond substituents is 1. The third kappa shape index (κ3) is 5.20. The van der Waals surface area contributed by atoms with Crippen LogP contribution in [0.1, 0.15) is 16.7 Å². The first-order chi connectivity index (χ1) is 16.0. The van der Waals surface area contributed by atoms with Crippen molar-refractivity contribution in [3.63, 3.8) is 0 Å². The molecule has 0 aliphatic carbocycles. The molecule has 0 heterocycles. The van der Waals surface area contributed by atoms with Crippen LogP contribution in [0.2, 0.25) is 0 Å². The fourth-order valence-corrected chi connectivity index (χ4v) is 3.55. The van der Waals surface area contributed by atoms with Crippen molar-refractivity contribution >= 4 is 28.4 Å². The summed E-state index contributed by atoms with van der Waals surface area (Å²) in [4.78, 5) is 12.8. The van der Waals surface area contributed by atoms with Gasteiger partial charge < -0.3 is 15.2 Å². The fourth-order valence-electron chi connectivity index (χ4n) is 3.55. The molecule has 0 radical (unpaired) electrons. The van der Waals surface area contributed by atoms with Crippen molar-refractivity contribution in [2.45, 2.75) is 13.5 Å². The molecule has 4 rings (SSSR count). The highest BCUT2D eigenvalue weighted by Gasteiger charge is 2.14. The molecule has 0 atom stereocenters. The average Bonchev–Trinajstić information content (AvgIpc) is 2.83. The number of nitrogens with zero attached hydrogens (tertiary/aromatic N) is 1. The molecule has 0 saturated heterocycles. The molecule has 4 aromatic carbocycles. The van der Waals surface area contributed by atoms with Gasteiger partial charge in [-0.2, -0.15) is 5.26 Å². The minimum atomic E-state index is -0.541. The maximum Gasteiger partial charge on any atom is 0.266 e. The van der Waals surface area contributed by atoms with Gasteiger partial charge in [0, 0.05) is 11.3 Å². The minimum Gasteiger partial charge on any atom is -0.508 e. The van der Waals surface area contributed by atoms with Crippen LogP contribution in [0.4, 0.5) is 5.69 Å². The van der Waals surface area contributed by atoms with Gasteiger partial charge >= 0.3 is 0 Å². The number of amides is 1. The number of fused-ring (bicyclic) bond motifs is 1. The Bertz CT molecular complexity index is 1380. The summed E-state index contributed by atoms with van der Waals surface area (Å²) in [5, 5.41) is 23.7. The molecular weight excluding hydrogens is 412 g/mol. The monoisotopic (exact) mass is 434 g/mol. The van der Waals surface area contributed by atoms with Crippen LogP contribution in [-0.4, -0.2) is 11.0 Å². The Morgan fingerprint density at radius 3 is 2.58 bits per heavy atom. The Hall–Kier alpha value is -4.56. The summed E-state index contributed by atoms with van der Waals surface area (Å²) >= 11 is 0.